The lowest BCUT2D eigenvalue weighted by Gasteiger charge is -2.71. The molecule has 188 valence electrons. The van der Waals surface area contributed by atoms with Gasteiger partial charge in [-0.3, -0.25) is 4.90 Å². The summed E-state index contributed by atoms with van der Waals surface area (Å²) in [5.41, 5.74) is -5.04. The first-order chi connectivity index (χ1) is 15.7. The van der Waals surface area contributed by atoms with Gasteiger partial charge in [0.2, 0.25) is 0 Å². The van der Waals surface area contributed by atoms with E-state index in [1.165, 1.54) is 0 Å². The minimum atomic E-state index is -1.61. The van der Waals surface area contributed by atoms with E-state index in [4.69, 9.17) is 18.9 Å². The molecule has 12 atom stereocenters. The second-order valence-corrected chi connectivity index (χ2v) is 12.0. The number of hydrogen-bond donors (Lipinski definition) is 3. The number of methoxy groups -OCH3 is 4. The quantitative estimate of drug-likeness (QED) is 0.517. The van der Waals surface area contributed by atoms with Gasteiger partial charge in [0.25, 0.3) is 0 Å². The van der Waals surface area contributed by atoms with Crippen molar-refractivity contribution >= 4 is 0 Å². The SMILES string of the molecule is CCN1CC2(COC)CCC(O)C34C1C(O)([C@@H](OC)[C@H]23)[C@@]1(O)C[C@H](OC)[C@H]2C[C@@H]4C1(OC)C2. The molecule has 6 fully saturated rings. The molecule has 1 heterocycles. The molecule has 3 N–H and O–H groups in total. The minimum Gasteiger partial charge on any atom is -0.392 e. The van der Waals surface area contributed by atoms with Crippen molar-refractivity contribution in [2.45, 2.75) is 80.2 Å². The first kappa shape index (κ1) is 23.1. The van der Waals surface area contributed by atoms with Crippen molar-refractivity contribution in [1.29, 1.82) is 0 Å². The fourth-order valence-corrected chi connectivity index (χ4v) is 11.0. The van der Waals surface area contributed by atoms with Gasteiger partial charge in [0.05, 0.1) is 31.0 Å². The molecule has 1 saturated heterocycles. The third-order valence-corrected chi connectivity index (χ3v) is 11.6. The number of hydrogen-bond acceptors (Lipinski definition) is 8. The molecule has 5 saturated carbocycles. The van der Waals surface area contributed by atoms with Gasteiger partial charge in [0.1, 0.15) is 16.8 Å². The Bertz CT molecular complexity index is 829. The Balaban J connectivity index is 1.70. The highest BCUT2D eigenvalue weighted by Gasteiger charge is 2.94. The van der Waals surface area contributed by atoms with Crippen LogP contribution in [0.15, 0.2) is 0 Å². The molecule has 7 bridgehead atoms. The van der Waals surface area contributed by atoms with E-state index in [2.05, 4.69) is 11.8 Å². The van der Waals surface area contributed by atoms with Crippen molar-refractivity contribution in [3.05, 3.63) is 0 Å². The Hall–Kier alpha value is -0.320. The fourth-order valence-electron chi connectivity index (χ4n) is 11.0. The van der Waals surface area contributed by atoms with Crippen LogP contribution in [0.3, 0.4) is 0 Å². The van der Waals surface area contributed by atoms with Gasteiger partial charge in [-0.15, -0.1) is 0 Å². The van der Waals surface area contributed by atoms with Gasteiger partial charge < -0.3 is 34.3 Å². The first-order valence-corrected chi connectivity index (χ1v) is 12.7. The second kappa shape index (κ2) is 6.91. The van der Waals surface area contributed by atoms with Gasteiger partial charge in [0, 0.05) is 64.1 Å². The molecule has 6 unspecified atom stereocenters. The van der Waals surface area contributed by atoms with E-state index in [1.54, 1.807) is 28.4 Å². The van der Waals surface area contributed by atoms with Crippen LogP contribution in [0.2, 0.25) is 0 Å². The third kappa shape index (κ3) is 2.09. The smallest absolute Gasteiger partial charge is 0.138 e. The van der Waals surface area contributed by atoms with Crippen molar-refractivity contribution in [1.82, 2.24) is 4.90 Å². The third-order valence-electron chi connectivity index (χ3n) is 11.6. The zero-order valence-electron chi connectivity index (χ0n) is 20.6. The Morgan fingerprint density at radius 2 is 1.82 bits per heavy atom. The van der Waals surface area contributed by atoms with Crippen LogP contribution in [0.5, 0.6) is 0 Å². The van der Waals surface area contributed by atoms with E-state index in [0.717, 1.165) is 25.9 Å². The number of rotatable bonds is 6. The maximum atomic E-state index is 13.0. The summed E-state index contributed by atoms with van der Waals surface area (Å²) in [5, 5.41) is 37.8. The lowest BCUT2D eigenvalue weighted by molar-refractivity contribution is -0.358. The standard InChI is InChI=1S/C25H41NO7/c1-6-26-12-21(13-30-2)8-7-17(27)24-16-9-14-10-22(16,33-5)23(28,11-15(14)31-3)25(29,20(24)26)19(32-4)18(21)24/h14-20,27-29H,6-13H2,1-5H3/t14-,15-,16+,17?,18+,19-,20?,21?,22?,23+,24?,25?/m0/s1. The molecule has 6 rings (SSSR count). The van der Waals surface area contributed by atoms with Crippen molar-refractivity contribution in [3.63, 3.8) is 0 Å². The summed E-state index contributed by atoms with van der Waals surface area (Å²) in [6.07, 6.45) is 1.79. The van der Waals surface area contributed by atoms with Crippen LogP contribution in [0, 0.1) is 28.6 Å². The largest absolute Gasteiger partial charge is 0.392 e. The first-order valence-electron chi connectivity index (χ1n) is 12.7. The maximum absolute atomic E-state index is 13.0. The van der Waals surface area contributed by atoms with Crippen LogP contribution in [0.4, 0.5) is 0 Å². The second-order valence-electron chi connectivity index (χ2n) is 12.0. The van der Waals surface area contributed by atoms with Gasteiger partial charge in [-0.1, -0.05) is 6.92 Å². The molecule has 1 spiro atoms. The Morgan fingerprint density at radius 1 is 1.06 bits per heavy atom. The van der Waals surface area contributed by atoms with Gasteiger partial charge >= 0.3 is 0 Å². The topological polar surface area (TPSA) is 101 Å². The zero-order chi connectivity index (χ0) is 23.6. The van der Waals surface area contributed by atoms with Crippen LogP contribution in [-0.2, 0) is 18.9 Å². The number of ether oxygens (including phenoxy) is 4. The molecular weight excluding hydrogens is 426 g/mol. The lowest BCUT2D eigenvalue weighted by Crippen LogP contribution is -2.86. The van der Waals surface area contributed by atoms with E-state index < -0.39 is 40.5 Å². The highest BCUT2D eigenvalue weighted by molar-refractivity contribution is 5.44. The number of likely N-dealkylation sites (N-methyl/N-ethyl adjacent to an activating group) is 1. The molecule has 1 aliphatic heterocycles. The van der Waals surface area contributed by atoms with Crippen molar-refractivity contribution < 1.29 is 34.3 Å². The molecule has 0 aromatic carbocycles. The van der Waals surface area contributed by atoms with Crippen LogP contribution in [0.1, 0.15) is 39.0 Å². The van der Waals surface area contributed by atoms with E-state index in [1.807, 2.05) is 0 Å². The predicted molar refractivity (Wildman–Crippen MR) is 119 cm³/mol. The van der Waals surface area contributed by atoms with Gasteiger partial charge in [-0.2, -0.15) is 0 Å². The molecule has 6 aliphatic rings. The Morgan fingerprint density at radius 3 is 2.42 bits per heavy atom. The minimum absolute atomic E-state index is 0.110. The van der Waals surface area contributed by atoms with Gasteiger partial charge in [0.15, 0.2) is 0 Å². The van der Waals surface area contributed by atoms with E-state index in [9.17, 15) is 15.3 Å². The number of likely N-dealkylation sites (tertiary alicyclic amines) is 1. The molecule has 33 heavy (non-hydrogen) atoms. The summed E-state index contributed by atoms with van der Waals surface area (Å²) in [4.78, 5) is 2.32. The van der Waals surface area contributed by atoms with Crippen molar-refractivity contribution in [2.24, 2.45) is 28.6 Å². The Labute approximate surface area is 196 Å². The maximum Gasteiger partial charge on any atom is 0.138 e. The lowest BCUT2D eigenvalue weighted by atomic mass is 9.41. The number of aliphatic hydroxyl groups excluding tert-OH is 1. The molecular formula is C25H41NO7. The Kier molecular flexibility index (Phi) is 4.84. The summed E-state index contributed by atoms with van der Waals surface area (Å²) < 4.78 is 24.3. The van der Waals surface area contributed by atoms with Crippen molar-refractivity contribution in [3.8, 4) is 0 Å². The predicted octanol–water partition coefficient (Wildman–Crippen LogP) is 0.415. The van der Waals surface area contributed by atoms with Crippen molar-refractivity contribution in [2.75, 3.05) is 48.1 Å². The summed E-state index contributed by atoms with van der Waals surface area (Å²) >= 11 is 0. The number of piperidine rings is 1. The summed E-state index contributed by atoms with van der Waals surface area (Å²) in [6, 6.07) is -0.419. The van der Waals surface area contributed by atoms with Gasteiger partial charge in [-0.05, 0) is 38.1 Å². The average molecular weight is 468 g/mol. The normalized spacial score (nSPS) is 60.9. The average Bonchev–Trinajstić information content (AvgIpc) is 3.25. The molecule has 5 aliphatic carbocycles. The van der Waals surface area contributed by atoms with Crippen LogP contribution >= 0.6 is 0 Å². The van der Waals surface area contributed by atoms with Crippen LogP contribution in [-0.4, -0.2) is 110 Å². The van der Waals surface area contributed by atoms with Gasteiger partial charge in [-0.25, -0.2) is 0 Å². The monoisotopic (exact) mass is 467 g/mol. The molecule has 0 amide bonds. The highest BCUT2D eigenvalue weighted by Crippen LogP contribution is 2.81. The molecule has 8 nitrogen and oxygen atoms in total. The molecule has 0 aromatic heterocycles. The number of fused-ring (bicyclic) bond motifs is 2. The van der Waals surface area contributed by atoms with E-state index in [0.29, 0.717) is 25.9 Å². The molecule has 8 heteroatoms. The summed E-state index contributed by atoms with van der Waals surface area (Å²) in [5.74, 6) is -0.0235. The number of nitrogens with zero attached hydrogens (tertiary/aromatic N) is 1. The van der Waals surface area contributed by atoms with Crippen LogP contribution < -0.4 is 0 Å². The summed E-state index contributed by atoms with van der Waals surface area (Å²) in [7, 11) is 6.75. The van der Waals surface area contributed by atoms with E-state index >= 15 is 0 Å². The fraction of sp³-hybridized carbons (Fsp3) is 1.00. The molecule has 0 aromatic rings. The molecule has 0 radical (unpaired) electrons. The van der Waals surface area contributed by atoms with Crippen LogP contribution in [0.25, 0.3) is 0 Å². The highest BCUT2D eigenvalue weighted by atomic mass is 16.5. The zero-order valence-corrected chi connectivity index (χ0v) is 20.6. The van der Waals surface area contributed by atoms with E-state index in [-0.39, 0.29) is 29.3 Å². The summed E-state index contributed by atoms with van der Waals surface area (Å²) in [6.45, 7) is 4.14. The number of aliphatic hydroxyl groups is 3.